The summed E-state index contributed by atoms with van der Waals surface area (Å²) in [6, 6.07) is 4.43. The zero-order chi connectivity index (χ0) is 13.1. The molecule has 0 bridgehead atoms. The number of rotatable bonds is 4. The molecule has 0 aliphatic heterocycles. The lowest BCUT2D eigenvalue weighted by Gasteiger charge is -2.06. The van der Waals surface area contributed by atoms with Crippen molar-refractivity contribution < 1.29 is 13.7 Å². The van der Waals surface area contributed by atoms with E-state index >= 15 is 0 Å². The number of ether oxygens (including phenoxy) is 1. The van der Waals surface area contributed by atoms with E-state index in [0.29, 0.717) is 24.3 Å². The molecule has 96 valence electrons. The fraction of sp³-hybridized carbons (Fsp3) is 0.250. The van der Waals surface area contributed by atoms with Gasteiger partial charge in [0.2, 0.25) is 5.88 Å². The minimum absolute atomic E-state index is 0.0492. The van der Waals surface area contributed by atoms with Gasteiger partial charge in [0.05, 0.1) is 22.9 Å². The molecule has 18 heavy (non-hydrogen) atoms. The van der Waals surface area contributed by atoms with Crippen LogP contribution >= 0.6 is 11.6 Å². The lowest BCUT2D eigenvalue weighted by atomic mass is 10.0. The van der Waals surface area contributed by atoms with E-state index in [4.69, 9.17) is 26.6 Å². The maximum absolute atomic E-state index is 13.9. The number of halogens is 2. The molecule has 1 heterocycles. The monoisotopic (exact) mass is 270 g/mol. The Hall–Kier alpha value is -1.59. The maximum atomic E-state index is 13.9. The van der Waals surface area contributed by atoms with Crippen molar-refractivity contribution >= 4 is 17.5 Å². The molecule has 0 unspecified atom stereocenters. The summed E-state index contributed by atoms with van der Waals surface area (Å²) in [6.45, 7) is 0.436. The Bertz CT molecular complexity index is 537. The molecular weight excluding hydrogens is 259 g/mol. The summed E-state index contributed by atoms with van der Waals surface area (Å²) in [5.41, 5.74) is 6.83. The quantitative estimate of drug-likeness (QED) is 0.928. The number of hydrogen-bond acceptors (Lipinski definition) is 4. The molecule has 0 aliphatic rings. The molecule has 0 amide bonds. The molecule has 0 spiro atoms. The van der Waals surface area contributed by atoms with Gasteiger partial charge >= 0.3 is 0 Å². The number of aromatic nitrogens is 1. The van der Waals surface area contributed by atoms with E-state index < -0.39 is 5.82 Å². The van der Waals surface area contributed by atoms with Crippen molar-refractivity contribution in [3.8, 4) is 11.1 Å². The Balaban J connectivity index is 2.52. The molecule has 1 aromatic heterocycles. The Labute approximate surface area is 108 Å². The number of nitrogens with two attached hydrogens (primary N) is 1. The molecule has 1 aromatic carbocycles. The highest BCUT2D eigenvalue weighted by atomic mass is 35.5. The molecule has 2 aromatic rings. The topological polar surface area (TPSA) is 61.3 Å². The molecule has 0 aliphatic carbocycles. The predicted octanol–water partition coefficient (Wildman–Crippen LogP) is 2.91. The van der Waals surface area contributed by atoms with Crippen molar-refractivity contribution in [3.63, 3.8) is 0 Å². The molecule has 2 N–H and O–H groups in total. The van der Waals surface area contributed by atoms with Gasteiger partial charge in [0.15, 0.2) is 0 Å². The van der Waals surface area contributed by atoms with E-state index in [2.05, 4.69) is 5.16 Å². The van der Waals surface area contributed by atoms with Gasteiger partial charge in [-0.3, -0.25) is 0 Å². The third kappa shape index (κ3) is 2.32. The summed E-state index contributed by atoms with van der Waals surface area (Å²) in [7, 11) is 1.57. The first kappa shape index (κ1) is 12.9. The molecule has 0 radical (unpaired) electrons. The minimum Gasteiger partial charge on any atom is -0.384 e. The van der Waals surface area contributed by atoms with Crippen LogP contribution in [-0.2, 0) is 11.2 Å². The molecule has 0 saturated carbocycles. The summed E-state index contributed by atoms with van der Waals surface area (Å²) in [5, 5.41) is 4.07. The second-order valence-electron chi connectivity index (χ2n) is 3.71. The highest BCUT2D eigenvalue weighted by Crippen LogP contribution is 2.36. The zero-order valence-corrected chi connectivity index (χ0v) is 10.5. The Morgan fingerprint density at radius 3 is 2.89 bits per heavy atom. The van der Waals surface area contributed by atoms with Gasteiger partial charge in [-0.2, -0.15) is 0 Å². The molecular formula is C12H12ClFN2O2. The zero-order valence-electron chi connectivity index (χ0n) is 9.74. The summed E-state index contributed by atoms with van der Waals surface area (Å²) in [4.78, 5) is 0. The highest BCUT2D eigenvalue weighted by Gasteiger charge is 2.21. The van der Waals surface area contributed by atoms with Crippen molar-refractivity contribution in [2.24, 2.45) is 0 Å². The maximum Gasteiger partial charge on any atom is 0.230 e. The van der Waals surface area contributed by atoms with Crippen LogP contribution in [0.25, 0.3) is 11.1 Å². The van der Waals surface area contributed by atoms with Crippen LogP contribution in [0.5, 0.6) is 0 Å². The van der Waals surface area contributed by atoms with Crippen LogP contribution in [0.3, 0.4) is 0 Å². The molecule has 6 heteroatoms. The summed E-state index contributed by atoms with van der Waals surface area (Å²) in [6.07, 6.45) is 0.469. The van der Waals surface area contributed by atoms with Gasteiger partial charge in [-0.25, -0.2) is 4.39 Å². The summed E-state index contributed by atoms with van der Waals surface area (Å²) in [5.74, 6) is -0.413. The van der Waals surface area contributed by atoms with Crippen LogP contribution in [-0.4, -0.2) is 18.9 Å². The second kappa shape index (κ2) is 5.37. The Morgan fingerprint density at radius 2 is 2.22 bits per heavy atom. The van der Waals surface area contributed by atoms with Gasteiger partial charge < -0.3 is 15.0 Å². The molecule has 0 saturated heterocycles. The number of nitrogens with zero attached hydrogens (tertiary/aromatic N) is 1. The SMILES string of the molecule is COCCc1noc(N)c1-c1c(F)cccc1Cl. The first-order valence-electron chi connectivity index (χ1n) is 5.32. The lowest BCUT2D eigenvalue weighted by Crippen LogP contribution is -1.99. The number of methoxy groups -OCH3 is 1. The fourth-order valence-corrected chi connectivity index (χ4v) is 1.97. The Kier molecular flexibility index (Phi) is 3.84. The van der Waals surface area contributed by atoms with Gasteiger partial charge in [0.1, 0.15) is 5.82 Å². The highest BCUT2D eigenvalue weighted by molar-refractivity contribution is 6.33. The summed E-state index contributed by atoms with van der Waals surface area (Å²) >= 11 is 6.00. The van der Waals surface area contributed by atoms with Gasteiger partial charge in [0.25, 0.3) is 0 Å². The van der Waals surface area contributed by atoms with Crippen LogP contribution in [0.2, 0.25) is 5.02 Å². The average molecular weight is 271 g/mol. The lowest BCUT2D eigenvalue weighted by molar-refractivity contribution is 0.200. The van der Waals surface area contributed by atoms with Gasteiger partial charge in [-0.1, -0.05) is 22.8 Å². The van der Waals surface area contributed by atoms with Crippen molar-refractivity contribution in [2.75, 3.05) is 19.5 Å². The van der Waals surface area contributed by atoms with Crippen molar-refractivity contribution in [1.29, 1.82) is 0 Å². The molecule has 2 rings (SSSR count). The first-order valence-corrected chi connectivity index (χ1v) is 5.70. The van der Waals surface area contributed by atoms with Crippen molar-refractivity contribution in [1.82, 2.24) is 5.16 Å². The van der Waals surface area contributed by atoms with Crippen molar-refractivity contribution in [3.05, 3.63) is 34.7 Å². The van der Waals surface area contributed by atoms with Crippen LogP contribution in [0.15, 0.2) is 22.7 Å². The first-order chi connectivity index (χ1) is 8.65. The molecule has 4 nitrogen and oxygen atoms in total. The van der Waals surface area contributed by atoms with Gasteiger partial charge in [-0.15, -0.1) is 0 Å². The number of benzene rings is 1. The fourth-order valence-electron chi connectivity index (χ4n) is 1.71. The smallest absolute Gasteiger partial charge is 0.230 e. The van der Waals surface area contributed by atoms with Crippen molar-refractivity contribution in [2.45, 2.75) is 6.42 Å². The van der Waals surface area contributed by atoms with E-state index in [0.717, 1.165) is 0 Å². The largest absolute Gasteiger partial charge is 0.384 e. The number of anilines is 1. The van der Waals surface area contributed by atoms with E-state index in [9.17, 15) is 4.39 Å². The van der Waals surface area contributed by atoms with E-state index in [1.54, 1.807) is 13.2 Å². The molecule has 0 atom stereocenters. The van der Waals surface area contributed by atoms with E-state index in [1.165, 1.54) is 12.1 Å². The third-order valence-electron chi connectivity index (χ3n) is 2.54. The minimum atomic E-state index is -0.462. The second-order valence-corrected chi connectivity index (χ2v) is 4.12. The normalized spacial score (nSPS) is 10.8. The predicted molar refractivity (Wildman–Crippen MR) is 66.9 cm³/mol. The Morgan fingerprint density at radius 1 is 1.44 bits per heavy atom. The van der Waals surface area contributed by atoms with Gasteiger partial charge in [0, 0.05) is 19.1 Å². The third-order valence-corrected chi connectivity index (χ3v) is 2.86. The standard InChI is InChI=1S/C12H12ClFN2O2/c1-17-6-5-9-11(12(15)18-16-9)10-7(13)3-2-4-8(10)14/h2-4H,5-6,15H2,1H3. The van der Waals surface area contributed by atoms with Crippen LogP contribution in [0, 0.1) is 5.82 Å². The van der Waals surface area contributed by atoms with Gasteiger partial charge in [-0.05, 0) is 12.1 Å². The van der Waals surface area contributed by atoms with Crippen LogP contribution < -0.4 is 5.73 Å². The van der Waals surface area contributed by atoms with E-state index in [1.807, 2.05) is 0 Å². The van der Waals surface area contributed by atoms with Crippen LogP contribution in [0.1, 0.15) is 5.69 Å². The van der Waals surface area contributed by atoms with E-state index in [-0.39, 0.29) is 16.5 Å². The molecule has 0 fully saturated rings. The van der Waals surface area contributed by atoms with Crippen LogP contribution in [0.4, 0.5) is 10.3 Å². The average Bonchev–Trinajstić information content (AvgIpc) is 2.69. The number of hydrogen-bond donors (Lipinski definition) is 1. The number of nitrogen functional groups attached to an aromatic ring is 1. The summed E-state index contributed by atoms with van der Waals surface area (Å²) < 4.78 is 23.7.